The van der Waals surface area contributed by atoms with Crippen molar-refractivity contribution in [3.8, 4) is 35.1 Å². The average molecular weight is 329 g/mol. The monoisotopic (exact) mass is 329 g/mol. The van der Waals surface area contributed by atoms with Crippen LogP contribution in [0.15, 0.2) is 0 Å². The van der Waals surface area contributed by atoms with Crippen molar-refractivity contribution in [3.05, 3.63) is 0 Å². The summed E-state index contributed by atoms with van der Waals surface area (Å²) >= 11 is 0. The van der Waals surface area contributed by atoms with Crippen LogP contribution < -0.4 is 5.73 Å². The van der Waals surface area contributed by atoms with E-state index in [1.165, 1.54) is 22.9 Å². The lowest BCUT2D eigenvalue weighted by atomic mass is 9.64. The summed E-state index contributed by atoms with van der Waals surface area (Å²) in [6.45, 7) is 0. The minimum absolute atomic E-state index is 0.472. The Morgan fingerprint density at radius 1 is 1.04 bits per heavy atom. The van der Waals surface area contributed by atoms with Crippen LogP contribution in [-0.2, 0) is 9.59 Å². The molecule has 0 rings (SSSR count). The van der Waals surface area contributed by atoms with Crippen molar-refractivity contribution in [1.29, 1.82) is 31.6 Å². The number of hydrogen-bond donors (Lipinski definition) is 2. The number of thiocyanates is 2. The molecule has 1 atom stereocenters. The first-order valence-electron chi connectivity index (χ1n) is 5.35. The molecule has 11 heteroatoms. The van der Waals surface area contributed by atoms with E-state index in [2.05, 4.69) is 0 Å². The van der Waals surface area contributed by atoms with Crippen molar-refractivity contribution < 1.29 is 14.7 Å². The number of rotatable bonds is 5. The zero-order valence-electron chi connectivity index (χ0n) is 11.5. The predicted octanol–water partition coefficient (Wildman–Crippen LogP) is -0.817. The lowest BCUT2D eigenvalue weighted by Gasteiger charge is -2.44. The molecule has 0 bridgehead atoms. The van der Waals surface area contributed by atoms with E-state index in [1.807, 2.05) is 0 Å². The third-order valence-electron chi connectivity index (χ3n) is 3.32. The van der Waals surface area contributed by atoms with Gasteiger partial charge in [-0.3, -0.25) is 0 Å². The average Bonchev–Trinajstić information content (AvgIpc) is 2.58. The number of carbonyl (C=O) groups is 2. The molecule has 0 amide bonds. The minimum Gasteiger partial charge on any atom is -0.479 e. The summed E-state index contributed by atoms with van der Waals surface area (Å²) in [7, 11) is -3.68. The Kier molecular flexibility index (Phi) is 5.08. The summed E-state index contributed by atoms with van der Waals surface area (Å²) < 4.78 is -3.07. The Morgan fingerprint density at radius 3 is 1.61 bits per heavy atom. The van der Waals surface area contributed by atoms with Crippen molar-refractivity contribution in [2.45, 2.75) is 10.3 Å². The quantitative estimate of drug-likeness (QED) is 0.362. The van der Waals surface area contributed by atoms with Crippen molar-refractivity contribution in [2.75, 3.05) is 6.26 Å². The highest BCUT2D eigenvalue weighted by molar-refractivity contribution is 8.41. The topological polar surface area (TPSA) is 223 Å². The van der Waals surface area contributed by atoms with Crippen LogP contribution in [-0.4, -0.2) is 33.9 Å². The molecule has 0 aliphatic carbocycles. The van der Waals surface area contributed by atoms with Gasteiger partial charge in [-0.1, -0.05) is 0 Å². The predicted molar refractivity (Wildman–Crippen MR) is 73.0 cm³/mol. The molecule has 0 heterocycles. The molecule has 0 spiro atoms. The number of hydrogen-bond acceptors (Lipinski definition) is 9. The number of nitrogens with zero attached hydrogens (tertiary/aromatic N) is 6. The molecule has 114 valence electrons. The minimum atomic E-state index is -3.68. The second-order valence-electron chi connectivity index (χ2n) is 4.27. The standard InChI is InChI=1S/C12H7N7O3S/c1-23(7-17,8-18)11(4-15,5-16)10(2-13,3-14)12(19,6-20)9(21)22/h6H,19H2,1H3,(H,21,22). The van der Waals surface area contributed by atoms with Gasteiger partial charge in [0, 0.05) is 0 Å². The van der Waals surface area contributed by atoms with E-state index in [1.54, 1.807) is 0 Å². The van der Waals surface area contributed by atoms with Crippen LogP contribution in [0, 0.1) is 72.1 Å². The zero-order chi connectivity index (χ0) is 18.5. The van der Waals surface area contributed by atoms with Crippen LogP contribution in [0.1, 0.15) is 0 Å². The van der Waals surface area contributed by atoms with E-state index in [0.29, 0.717) is 0 Å². The Labute approximate surface area is 132 Å². The van der Waals surface area contributed by atoms with Gasteiger partial charge in [-0.2, -0.15) is 31.6 Å². The molecule has 0 aromatic rings. The number of carboxylic acid groups (broad SMARTS) is 1. The van der Waals surface area contributed by atoms with Gasteiger partial charge in [0.2, 0.25) is 15.7 Å². The molecular formula is C12H7N7O3S. The fourth-order valence-electron chi connectivity index (χ4n) is 1.80. The fraction of sp³-hybridized carbons (Fsp3) is 0.333. The fourth-order valence-corrected chi connectivity index (χ4v) is 3.35. The molecule has 23 heavy (non-hydrogen) atoms. The number of aldehydes is 1. The first kappa shape index (κ1) is 19.4. The maximum absolute atomic E-state index is 11.4. The van der Waals surface area contributed by atoms with Gasteiger partial charge in [0.15, 0.2) is 6.29 Å². The van der Waals surface area contributed by atoms with E-state index in [4.69, 9.17) is 10.8 Å². The summed E-state index contributed by atoms with van der Waals surface area (Å²) in [5.74, 6) is -2.16. The molecule has 0 aromatic heterocycles. The SMILES string of the molecule is CS(C#N)(C#N)C(C#N)(C#N)C(C#N)(C#N)C(N)(C=O)C(=O)O. The molecule has 3 N–H and O–H groups in total. The van der Waals surface area contributed by atoms with E-state index >= 15 is 0 Å². The maximum atomic E-state index is 11.4. The third kappa shape index (κ3) is 1.95. The van der Waals surface area contributed by atoms with Crippen LogP contribution in [0.2, 0.25) is 0 Å². The highest BCUT2D eigenvalue weighted by atomic mass is 32.3. The van der Waals surface area contributed by atoms with E-state index in [0.717, 1.165) is 18.4 Å². The molecule has 0 aliphatic rings. The Morgan fingerprint density at radius 2 is 1.43 bits per heavy atom. The summed E-state index contributed by atoms with van der Waals surface area (Å²) in [6.07, 6.45) is 0.371. The largest absolute Gasteiger partial charge is 0.479 e. The molecule has 0 saturated heterocycles. The molecule has 0 saturated carbocycles. The zero-order valence-corrected chi connectivity index (χ0v) is 12.3. The van der Waals surface area contributed by atoms with Gasteiger partial charge >= 0.3 is 5.97 Å². The van der Waals surface area contributed by atoms with Gasteiger partial charge in [0.05, 0.1) is 24.3 Å². The first-order chi connectivity index (χ1) is 10.6. The molecule has 0 radical (unpaired) electrons. The van der Waals surface area contributed by atoms with Crippen molar-refractivity contribution in [2.24, 2.45) is 11.1 Å². The van der Waals surface area contributed by atoms with Crippen LogP contribution in [0.4, 0.5) is 0 Å². The second kappa shape index (κ2) is 6.02. The van der Waals surface area contributed by atoms with Crippen LogP contribution in [0.3, 0.4) is 0 Å². The summed E-state index contributed by atoms with van der Waals surface area (Å²) in [5.41, 5.74) is -1.25. The number of aliphatic carboxylic acids is 1. The number of carbonyl (C=O) groups excluding carboxylic acids is 1. The normalized spacial score (nSPS) is 14.1. The first-order valence-corrected chi connectivity index (χ1v) is 7.39. The molecular weight excluding hydrogens is 322 g/mol. The third-order valence-corrected chi connectivity index (χ3v) is 5.76. The Hall–Kier alpha value is -3.61. The van der Waals surface area contributed by atoms with Gasteiger partial charge in [-0.05, 0) is 16.3 Å². The van der Waals surface area contributed by atoms with E-state index in [9.17, 15) is 41.2 Å². The van der Waals surface area contributed by atoms with Gasteiger partial charge in [0.25, 0.3) is 0 Å². The molecule has 0 aliphatic heterocycles. The Balaban J connectivity index is 7.48. The van der Waals surface area contributed by atoms with Crippen molar-refractivity contribution >= 4 is 22.3 Å². The van der Waals surface area contributed by atoms with Crippen LogP contribution in [0.5, 0.6) is 0 Å². The highest BCUT2D eigenvalue weighted by Gasteiger charge is 2.74. The lowest BCUT2D eigenvalue weighted by Crippen LogP contribution is -2.69. The van der Waals surface area contributed by atoms with Gasteiger partial charge in [0.1, 0.15) is 10.8 Å². The number of nitrogens with two attached hydrogens (primary N) is 1. The van der Waals surface area contributed by atoms with E-state index < -0.39 is 38.0 Å². The number of nitriles is 6. The van der Waals surface area contributed by atoms with Crippen molar-refractivity contribution in [3.63, 3.8) is 0 Å². The maximum Gasteiger partial charge on any atom is 0.334 e. The molecule has 10 nitrogen and oxygen atoms in total. The number of carboxylic acids is 1. The molecule has 0 fully saturated rings. The Bertz CT molecular complexity index is 769. The summed E-state index contributed by atoms with van der Waals surface area (Å²) in [6, 6.07) is 4.72. The molecule has 1 unspecified atom stereocenters. The van der Waals surface area contributed by atoms with Crippen LogP contribution >= 0.6 is 10.0 Å². The second-order valence-corrected chi connectivity index (χ2v) is 7.09. The lowest BCUT2D eigenvalue weighted by molar-refractivity contribution is -0.148. The van der Waals surface area contributed by atoms with Crippen LogP contribution in [0.25, 0.3) is 0 Å². The highest BCUT2D eigenvalue weighted by Crippen LogP contribution is 2.63. The summed E-state index contributed by atoms with van der Waals surface area (Å²) in [4.78, 5) is 22.6. The van der Waals surface area contributed by atoms with Gasteiger partial charge in [-0.15, -0.1) is 0 Å². The van der Waals surface area contributed by atoms with E-state index in [-0.39, 0.29) is 0 Å². The van der Waals surface area contributed by atoms with Crippen molar-refractivity contribution in [1.82, 2.24) is 0 Å². The molecule has 0 aromatic carbocycles. The smallest absolute Gasteiger partial charge is 0.334 e. The van der Waals surface area contributed by atoms with Gasteiger partial charge in [-0.25, -0.2) is 4.79 Å². The van der Waals surface area contributed by atoms with Gasteiger partial charge < -0.3 is 15.6 Å². The summed E-state index contributed by atoms with van der Waals surface area (Å²) in [5, 5.41) is 67.8.